The molecular formula is C31H34Cl2N2O2. The first-order valence-electron chi connectivity index (χ1n) is 13.1. The predicted octanol–water partition coefficient (Wildman–Crippen LogP) is 7.02. The van der Waals surface area contributed by atoms with Crippen molar-refractivity contribution in [1.82, 2.24) is 10.2 Å². The van der Waals surface area contributed by atoms with Crippen molar-refractivity contribution in [3.8, 4) is 0 Å². The van der Waals surface area contributed by atoms with Gasteiger partial charge in [-0.2, -0.15) is 0 Å². The van der Waals surface area contributed by atoms with E-state index in [1.807, 2.05) is 66.7 Å². The number of rotatable bonds is 10. The summed E-state index contributed by atoms with van der Waals surface area (Å²) in [6.07, 6.45) is 6.79. The summed E-state index contributed by atoms with van der Waals surface area (Å²) in [6, 6.07) is 24.8. The summed E-state index contributed by atoms with van der Waals surface area (Å²) in [5.74, 6) is -0.154. The molecule has 1 unspecified atom stereocenters. The Morgan fingerprint density at radius 2 is 1.46 bits per heavy atom. The Bertz CT molecular complexity index is 1160. The molecule has 1 aliphatic carbocycles. The van der Waals surface area contributed by atoms with Gasteiger partial charge in [0.15, 0.2) is 0 Å². The molecule has 4 nitrogen and oxygen atoms in total. The summed E-state index contributed by atoms with van der Waals surface area (Å²) >= 11 is 12.5. The molecule has 0 radical (unpaired) electrons. The normalized spacial score (nSPS) is 14.6. The Kier molecular flexibility index (Phi) is 10.0. The Balaban J connectivity index is 1.62. The van der Waals surface area contributed by atoms with Gasteiger partial charge in [0.25, 0.3) is 0 Å². The highest BCUT2D eigenvalue weighted by atomic mass is 35.5. The van der Waals surface area contributed by atoms with Crippen LogP contribution in [0, 0.1) is 0 Å². The van der Waals surface area contributed by atoms with Gasteiger partial charge in [-0.1, -0.05) is 109 Å². The molecule has 2 amide bonds. The first kappa shape index (κ1) is 27.2. The van der Waals surface area contributed by atoms with Crippen molar-refractivity contribution in [2.75, 3.05) is 0 Å². The van der Waals surface area contributed by atoms with E-state index in [0.717, 1.165) is 42.4 Å². The third kappa shape index (κ3) is 8.08. The van der Waals surface area contributed by atoms with Gasteiger partial charge >= 0.3 is 0 Å². The van der Waals surface area contributed by atoms with Crippen LogP contribution in [0.15, 0.2) is 78.9 Å². The lowest BCUT2D eigenvalue weighted by Gasteiger charge is -2.33. The maximum absolute atomic E-state index is 13.8. The van der Waals surface area contributed by atoms with Crippen molar-refractivity contribution in [3.05, 3.63) is 106 Å². The Morgan fingerprint density at radius 3 is 2.11 bits per heavy atom. The minimum absolute atomic E-state index is 0.0605. The molecule has 37 heavy (non-hydrogen) atoms. The van der Waals surface area contributed by atoms with Gasteiger partial charge in [-0.05, 0) is 48.1 Å². The number of amides is 2. The number of halogens is 2. The van der Waals surface area contributed by atoms with Crippen molar-refractivity contribution >= 4 is 35.0 Å². The van der Waals surface area contributed by atoms with Gasteiger partial charge in [0.05, 0.1) is 10.0 Å². The Morgan fingerprint density at radius 1 is 0.811 bits per heavy atom. The van der Waals surface area contributed by atoms with Gasteiger partial charge in [0.1, 0.15) is 6.04 Å². The topological polar surface area (TPSA) is 49.4 Å². The predicted molar refractivity (Wildman–Crippen MR) is 151 cm³/mol. The number of nitrogens with zero attached hydrogens (tertiary/aromatic N) is 1. The smallest absolute Gasteiger partial charge is 0.243 e. The molecule has 1 atom stereocenters. The van der Waals surface area contributed by atoms with Crippen molar-refractivity contribution in [1.29, 1.82) is 0 Å². The third-order valence-corrected chi connectivity index (χ3v) is 7.77. The second-order valence-corrected chi connectivity index (χ2v) is 10.6. The van der Waals surface area contributed by atoms with Crippen LogP contribution >= 0.6 is 23.2 Å². The highest BCUT2D eigenvalue weighted by Crippen LogP contribution is 2.25. The van der Waals surface area contributed by atoms with Crippen LogP contribution in [-0.4, -0.2) is 28.8 Å². The fraction of sp³-hybridized carbons (Fsp3) is 0.355. The van der Waals surface area contributed by atoms with Crippen LogP contribution in [0.5, 0.6) is 0 Å². The summed E-state index contributed by atoms with van der Waals surface area (Å²) in [5.41, 5.74) is 2.95. The molecule has 1 fully saturated rings. The fourth-order valence-electron chi connectivity index (χ4n) is 4.97. The zero-order valence-corrected chi connectivity index (χ0v) is 22.6. The molecule has 0 aromatic heterocycles. The zero-order chi connectivity index (χ0) is 26.0. The van der Waals surface area contributed by atoms with Crippen LogP contribution in [0.25, 0.3) is 0 Å². The Hall–Kier alpha value is -2.82. The highest BCUT2D eigenvalue weighted by molar-refractivity contribution is 6.42. The van der Waals surface area contributed by atoms with Gasteiger partial charge in [-0.15, -0.1) is 0 Å². The lowest BCUT2D eigenvalue weighted by Crippen LogP contribution is -2.52. The van der Waals surface area contributed by atoms with Crippen LogP contribution in [0.1, 0.15) is 55.2 Å². The average molecular weight is 538 g/mol. The molecule has 0 heterocycles. The summed E-state index contributed by atoms with van der Waals surface area (Å²) in [7, 11) is 0. The van der Waals surface area contributed by atoms with Crippen LogP contribution in [0.3, 0.4) is 0 Å². The minimum Gasteiger partial charge on any atom is -0.352 e. The van der Waals surface area contributed by atoms with Crippen LogP contribution in [0.2, 0.25) is 10.0 Å². The SMILES string of the molecule is O=C(NC1CCCCC1)C(Cc1ccccc1)N(Cc1ccc(Cl)c(Cl)c1)C(=O)CCc1ccccc1. The van der Waals surface area contributed by atoms with E-state index in [9.17, 15) is 9.59 Å². The minimum atomic E-state index is -0.637. The fourth-order valence-corrected chi connectivity index (χ4v) is 5.29. The number of hydrogen-bond donors (Lipinski definition) is 1. The highest BCUT2D eigenvalue weighted by Gasteiger charge is 2.31. The number of hydrogen-bond acceptors (Lipinski definition) is 2. The molecule has 1 N–H and O–H groups in total. The van der Waals surface area contributed by atoms with E-state index in [2.05, 4.69) is 5.32 Å². The summed E-state index contributed by atoms with van der Waals surface area (Å²) < 4.78 is 0. The molecule has 0 aliphatic heterocycles. The lowest BCUT2D eigenvalue weighted by atomic mass is 9.94. The van der Waals surface area contributed by atoms with Crippen LogP contribution in [0.4, 0.5) is 0 Å². The summed E-state index contributed by atoms with van der Waals surface area (Å²) in [5, 5.41) is 4.17. The first-order valence-corrected chi connectivity index (χ1v) is 13.9. The standard InChI is InChI=1S/C31H34Cl2N2O2/c32-27-18-16-25(20-28(27)33)22-35(30(36)19-17-23-10-4-1-5-11-23)29(21-24-12-6-2-7-13-24)31(37)34-26-14-8-3-9-15-26/h1-2,4-7,10-13,16,18,20,26,29H,3,8-9,14-15,17,19,21-22H2,(H,34,37). The van der Waals surface area contributed by atoms with E-state index >= 15 is 0 Å². The average Bonchev–Trinajstić information content (AvgIpc) is 2.93. The number of benzene rings is 3. The van der Waals surface area contributed by atoms with E-state index in [0.29, 0.717) is 29.3 Å². The third-order valence-electron chi connectivity index (χ3n) is 7.03. The summed E-state index contributed by atoms with van der Waals surface area (Å²) in [6.45, 7) is 0.278. The molecular weight excluding hydrogens is 503 g/mol. The second-order valence-electron chi connectivity index (χ2n) is 9.80. The molecule has 0 saturated heterocycles. The maximum Gasteiger partial charge on any atom is 0.243 e. The van der Waals surface area contributed by atoms with Crippen molar-refractivity contribution in [2.45, 2.75) is 70.0 Å². The molecule has 194 valence electrons. The lowest BCUT2D eigenvalue weighted by molar-refractivity contribution is -0.141. The van der Waals surface area contributed by atoms with E-state index in [-0.39, 0.29) is 24.4 Å². The number of carbonyl (C=O) groups excluding carboxylic acids is 2. The van der Waals surface area contributed by atoms with E-state index < -0.39 is 6.04 Å². The molecule has 1 saturated carbocycles. The van der Waals surface area contributed by atoms with E-state index in [1.54, 1.807) is 17.0 Å². The molecule has 3 aromatic carbocycles. The van der Waals surface area contributed by atoms with Crippen molar-refractivity contribution < 1.29 is 9.59 Å². The van der Waals surface area contributed by atoms with Gasteiger partial charge in [-0.3, -0.25) is 9.59 Å². The monoisotopic (exact) mass is 536 g/mol. The number of nitrogens with one attached hydrogen (secondary N) is 1. The van der Waals surface area contributed by atoms with Gasteiger partial charge in [-0.25, -0.2) is 0 Å². The Labute approximate surface area is 230 Å². The van der Waals surface area contributed by atoms with E-state index in [1.165, 1.54) is 6.42 Å². The molecule has 4 rings (SSSR count). The van der Waals surface area contributed by atoms with Gasteiger partial charge < -0.3 is 10.2 Å². The quantitative estimate of drug-likeness (QED) is 0.302. The number of aryl methyl sites for hydroxylation is 1. The van der Waals surface area contributed by atoms with Crippen LogP contribution < -0.4 is 5.32 Å². The van der Waals surface area contributed by atoms with Gasteiger partial charge in [0.2, 0.25) is 11.8 Å². The summed E-state index contributed by atoms with van der Waals surface area (Å²) in [4.78, 5) is 29.3. The molecule has 6 heteroatoms. The van der Waals surface area contributed by atoms with Gasteiger partial charge in [0, 0.05) is 25.4 Å². The van der Waals surface area contributed by atoms with Crippen molar-refractivity contribution in [2.24, 2.45) is 0 Å². The first-order chi connectivity index (χ1) is 18.0. The van der Waals surface area contributed by atoms with Crippen molar-refractivity contribution in [3.63, 3.8) is 0 Å². The maximum atomic E-state index is 13.8. The molecule has 1 aliphatic rings. The number of carbonyl (C=O) groups is 2. The zero-order valence-electron chi connectivity index (χ0n) is 21.0. The molecule has 0 bridgehead atoms. The largest absolute Gasteiger partial charge is 0.352 e. The molecule has 3 aromatic rings. The molecule has 0 spiro atoms. The second kappa shape index (κ2) is 13.6. The van der Waals surface area contributed by atoms with E-state index in [4.69, 9.17) is 23.2 Å². The van der Waals surface area contributed by atoms with Crippen LogP contribution in [-0.2, 0) is 29.0 Å².